The Morgan fingerprint density at radius 1 is 1.08 bits per heavy atom. The van der Waals surface area contributed by atoms with Crippen LogP contribution < -0.4 is 25.8 Å². The smallest absolute Gasteiger partial charge is 0.295 e. The summed E-state index contributed by atoms with van der Waals surface area (Å²) in [5.41, 5.74) is 1.18. The van der Waals surface area contributed by atoms with Gasteiger partial charge in [-0.25, -0.2) is 22.8 Å². The van der Waals surface area contributed by atoms with Gasteiger partial charge >= 0.3 is 0 Å². The first kappa shape index (κ1) is 31.9. The van der Waals surface area contributed by atoms with Gasteiger partial charge in [0.1, 0.15) is 11.3 Å². The van der Waals surface area contributed by atoms with Crippen LogP contribution in [-0.2, 0) is 16.4 Å². The van der Waals surface area contributed by atoms with Crippen molar-refractivity contribution in [1.29, 1.82) is 0 Å². The van der Waals surface area contributed by atoms with Gasteiger partial charge in [0, 0.05) is 55.0 Å². The number of piperidine rings is 1. The minimum Gasteiger partial charge on any atom is -0.448 e. The number of rotatable bonds is 10. The molecule has 0 radical (unpaired) electrons. The molecule has 250 valence electrons. The predicted octanol–water partition coefficient (Wildman–Crippen LogP) is 4.92. The number of pyridine rings is 2. The zero-order chi connectivity index (χ0) is 34.0. The molecule has 5 heterocycles. The molecule has 1 unspecified atom stereocenters. The summed E-state index contributed by atoms with van der Waals surface area (Å²) in [6.07, 6.45) is 7.42. The Bertz CT molecular complexity index is 2270. The summed E-state index contributed by atoms with van der Waals surface area (Å²) in [5, 5.41) is 6.55. The SMILES string of the molecule is CN(c1ccc(Nc2ncc3cc(Oc4ccccc4F)c(=O)n(Cc4ncoc4S(=O)(=O)c4ccncc4)c3n2)cc1)C1CCCNC1. The second-order valence-electron chi connectivity index (χ2n) is 11.5. The number of hydrogen-bond donors (Lipinski definition) is 2. The van der Waals surface area contributed by atoms with Crippen LogP contribution in [0.1, 0.15) is 18.5 Å². The number of hydrogen-bond acceptors (Lipinski definition) is 12. The minimum atomic E-state index is -4.16. The van der Waals surface area contributed by atoms with Crippen molar-refractivity contribution in [3.63, 3.8) is 0 Å². The van der Waals surface area contributed by atoms with Crippen molar-refractivity contribution in [1.82, 2.24) is 29.8 Å². The van der Waals surface area contributed by atoms with Crippen LogP contribution in [0, 0.1) is 5.82 Å². The van der Waals surface area contributed by atoms with Crippen LogP contribution in [-0.4, -0.2) is 59.1 Å². The minimum absolute atomic E-state index is 0.0516. The van der Waals surface area contributed by atoms with Crippen molar-refractivity contribution in [2.45, 2.75) is 35.4 Å². The number of sulfone groups is 1. The topological polar surface area (TPSA) is 157 Å². The van der Waals surface area contributed by atoms with E-state index in [9.17, 15) is 17.6 Å². The molecule has 0 bridgehead atoms. The van der Waals surface area contributed by atoms with E-state index in [1.54, 1.807) is 6.07 Å². The highest BCUT2D eigenvalue weighted by atomic mass is 32.2. The molecule has 15 heteroatoms. The molecule has 7 rings (SSSR count). The summed E-state index contributed by atoms with van der Waals surface area (Å²) in [6.45, 7) is 1.60. The van der Waals surface area contributed by atoms with Gasteiger partial charge in [0.15, 0.2) is 23.7 Å². The van der Waals surface area contributed by atoms with Crippen LogP contribution in [0.3, 0.4) is 0 Å². The zero-order valence-corrected chi connectivity index (χ0v) is 27.1. The number of fused-ring (bicyclic) bond motifs is 1. The number of nitrogens with zero attached hydrogens (tertiary/aromatic N) is 6. The Morgan fingerprint density at radius 2 is 1.88 bits per heavy atom. The normalized spacial score (nSPS) is 14.9. The Balaban J connectivity index is 1.25. The molecule has 1 aliphatic heterocycles. The highest BCUT2D eigenvalue weighted by Crippen LogP contribution is 2.28. The van der Waals surface area contributed by atoms with Crippen molar-refractivity contribution in [2.75, 3.05) is 30.4 Å². The fraction of sp³-hybridized carbons (Fsp3) is 0.206. The van der Waals surface area contributed by atoms with E-state index in [0.717, 1.165) is 38.0 Å². The quantitative estimate of drug-likeness (QED) is 0.201. The van der Waals surface area contributed by atoms with Crippen molar-refractivity contribution < 1.29 is 22.0 Å². The molecule has 0 aliphatic carbocycles. The number of benzene rings is 2. The first-order chi connectivity index (χ1) is 23.8. The molecule has 2 N–H and O–H groups in total. The lowest BCUT2D eigenvalue weighted by Crippen LogP contribution is -2.44. The summed E-state index contributed by atoms with van der Waals surface area (Å²) in [7, 11) is -2.08. The molecular formula is C34H31FN8O5S. The maximum absolute atomic E-state index is 14.5. The number of likely N-dealkylation sites (N-methyl/N-ethyl adjacent to an activating group) is 1. The fourth-order valence-corrected chi connectivity index (χ4v) is 6.99. The molecule has 1 atom stereocenters. The van der Waals surface area contributed by atoms with E-state index in [4.69, 9.17) is 9.15 Å². The fourth-order valence-electron chi connectivity index (χ4n) is 5.70. The van der Waals surface area contributed by atoms with Crippen LogP contribution in [0.4, 0.5) is 21.7 Å². The zero-order valence-electron chi connectivity index (χ0n) is 26.3. The summed E-state index contributed by atoms with van der Waals surface area (Å²) in [6, 6.07) is 18.0. The Kier molecular flexibility index (Phi) is 8.76. The number of halogens is 1. The molecule has 1 fully saturated rings. The van der Waals surface area contributed by atoms with Crippen molar-refractivity contribution in [2.24, 2.45) is 0 Å². The molecule has 49 heavy (non-hydrogen) atoms. The van der Waals surface area contributed by atoms with Gasteiger partial charge in [-0.2, -0.15) is 4.98 Å². The summed E-state index contributed by atoms with van der Waals surface area (Å²) in [5.74, 6) is -0.872. The van der Waals surface area contributed by atoms with E-state index in [1.165, 1.54) is 59.6 Å². The maximum Gasteiger partial charge on any atom is 0.295 e. The third-order valence-corrected chi connectivity index (χ3v) is 10.0. The average Bonchev–Trinajstić information content (AvgIpc) is 3.61. The molecular weight excluding hydrogens is 651 g/mol. The standard InChI is InChI=1S/C34H31FN8O5S/c1-42(25-5-4-14-37-19-25)24-10-8-23(9-11-24)40-34-38-18-22-17-30(48-29-7-3-2-6-27(29)35)32(44)43(31(22)41-34)20-28-33(47-21-39-28)49(45,46)26-12-15-36-16-13-26/h2-3,6-13,15-18,21,25,37H,4-5,14,19-20H2,1H3,(H,38,40,41). The highest BCUT2D eigenvalue weighted by Gasteiger charge is 2.28. The van der Waals surface area contributed by atoms with Crippen molar-refractivity contribution in [3.05, 3.63) is 114 Å². The molecule has 0 saturated carbocycles. The molecule has 13 nitrogen and oxygen atoms in total. The Hall–Kier alpha value is -5.67. The van der Waals surface area contributed by atoms with E-state index in [0.29, 0.717) is 17.1 Å². The lowest BCUT2D eigenvalue weighted by atomic mass is 10.1. The molecule has 0 amide bonds. The number of nitrogens with one attached hydrogen (secondary N) is 2. The maximum atomic E-state index is 14.5. The Labute approximate surface area is 280 Å². The van der Waals surface area contributed by atoms with Crippen molar-refractivity contribution in [3.8, 4) is 11.5 Å². The molecule has 0 spiro atoms. The van der Waals surface area contributed by atoms with Gasteiger partial charge in [0.25, 0.3) is 5.56 Å². The molecule has 4 aromatic heterocycles. The van der Waals surface area contributed by atoms with E-state index in [-0.39, 0.29) is 40.2 Å². The third-order valence-electron chi connectivity index (χ3n) is 8.32. The third kappa shape index (κ3) is 6.58. The summed E-state index contributed by atoms with van der Waals surface area (Å²) >= 11 is 0. The van der Waals surface area contributed by atoms with Crippen LogP contribution in [0.25, 0.3) is 11.0 Å². The summed E-state index contributed by atoms with van der Waals surface area (Å²) in [4.78, 5) is 33.3. The average molecular weight is 683 g/mol. The second-order valence-corrected chi connectivity index (χ2v) is 13.3. The first-order valence-corrected chi connectivity index (χ1v) is 17.0. The lowest BCUT2D eigenvalue weighted by Gasteiger charge is -2.33. The first-order valence-electron chi connectivity index (χ1n) is 15.5. The predicted molar refractivity (Wildman–Crippen MR) is 180 cm³/mol. The number of ether oxygens (including phenoxy) is 1. The molecule has 2 aromatic carbocycles. The second kappa shape index (κ2) is 13.4. The van der Waals surface area contributed by atoms with Gasteiger partial charge < -0.3 is 24.7 Å². The van der Waals surface area contributed by atoms with Gasteiger partial charge in [0.2, 0.25) is 20.9 Å². The number of oxazole rings is 1. The number of anilines is 3. The van der Waals surface area contributed by atoms with E-state index < -0.39 is 26.3 Å². The van der Waals surface area contributed by atoms with Crippen molar-refractivity contribution >= 4 is 38.2 Å². The van der Waals surface area contributed by atoms with E-state index in [1.807, 2.05) is 24.3 Å². The molecule has 1 aliphatic rings. The van der Waals surface area contributed by atoms with Gasteiger partial charge in [-0.15, -0.1) is 0 Å². The van der Waals surface area contributed by atoms with Gasteiger partial charge in [-0.05, 0) is 74.0 Å². The number of aromatic nitrogens is 5. The van der Waals surface area contributed by atoms with Crippen LogP contribution in [0.5, 0.6) is 11.5 Å². The monoisotopic (exact) mass is 682 g/mol. The van der Waals surface area contributed by atoms with E-state index in [2.05, 4.69) is 42.5 Å². The molecule has 1 saturated heterocycles. The summed E-state index contributed by atoms with van der Waals surface area (Å²) < 4.78 is 53.7. The van der Waals surface area contributed by atoms with E-state index >= 15 is 0 Å². The molecule has 6 aromatic rings. The van der Waals surface area contributed by atoms with Gasteiger partial charge in [0.05, 0.1) is 11.4 Å². The van der Waals surface area contributed by atoms with Crippen LogP contribution in [0.15, 0.2) is 111 Å². The number of para-hydroxylation sites is 1. The van der Waals surface area contributed by atoms with Crippen LogP contribution >= 0.6 is 0 Å². The Morgan fingerprint density at radius 3 is 2.63 bits per heavy atom. The highest BCUT2D eigenvalue weighted by molar-refractivity contribution is 7.91. The van der Waals surface area contributed by atoms with Gasteiger partial charge in [-0.1, -0.05) is 12.1 Å². The largest absolute Gasteiger partial charge is 0.448 e. The van der Waals surface area contributed by atoms with Crippen LogP contribution in [0.2, 0.25) is 0 Å². The lowest BCUT2D eigenvalue weighted by molar-refractivity contribution is 0.430. The van der Waals surface area contributed by atoms with Gasteiger partial charge in [-0.3, -0.25) is 14.3 Å².